The number of anilines is 1. The van der Waals surface area contributed by atoms with Crippen molar-refractivity contribution in [3.05, 3.63) is 40.7 Å². The van der Waals surface area contributed by atoms with Crippen molar-refractivity contribution in [2.45, 2.75) is 34.6 Å². The number of aryl methyl sites for hydroxylation is 2. The molecular weight excluding hydrogens is 250 g/mol. The number of benzene rings is 1. The smallest absolute Gasteiger partial charge is 0.227 e. The van der Waals surface area contributed by atoms with Crippen LogP contribution in [-0.4, -0.2) is 16.5 Å². The second kappa shape index (κ2) is 5.90. The highest BCUT2D eigenvalue weighted by Crippen LogP contribution is 2.30. The Labute approximate surface area is 120 Å². The Balaban J connectivity index is 2.38. The molecule has 2 rings (SSSR count). The van der Waals surface area contributed by atoms with Crippen molar-refractivity contribution in [3.63, 3.8) is 0 Å². The average Bonchev–Trinajstić information content (AvgIpc) is 2.40. The Bertz CT molecular complexity index is 623. The fraction of sp³-hybridized carbons (Fsp3) is 0.375. The summed E-state index contributed by atoms with van der Waals surface area (Å²) in [5, 5.41) is 3.21. The first kappa shape index (κ1) is 14.3. The topological polar surface area (TPSA) is 47.0 Å². The number of aromatic nitrogens is 2. The van der Waals surface area contributed by atoms with Gasteiger partial charge in [0.2, 0.25) is 5.88 Å². The third-order valence-electron chi connectivity index (χ3n) is 3.35. The van der Waals surface area contributed by atoms with Gasteiger partial charge >= 0.3 is 0 Å². The lowest BCUT2D eigenvalue weighted by molar-refractivity contribution is 0.453. The summed E-state index contributed by atoms with van der Waals surface area (Å²) in [6.45, 7) is 11.0. The van der Waals surface area contributed by atoms with E-state index in [4.69, 9.17) is 4.74 Å². The lowest BCUT2D eigenvalue weighted by atomic mass is 10.1. The summed E-state index contributed by atoms with van der Waals surface area (Å²) in [5.74, 6) is 2.27. The van der Waals surface area contributed by atoms with Crippen LogP contribution in [0.5, 0.6) is 11.6 Å². The van der Waals surface area contributed by atoms with Crippen LogP contribution in [0.3, 0.4) is 0 Å². The monoisotopic (exact) mass is 271 g/mol. The molecule has 0 spiro atoms. The Kier molecular flexibility index (Phi) is 4.23. The van der Waals surface area contributed by atoms with Crippen LogP contribution >= 0.6 is 0 Å². The zero-order valence-electron chi connectivity index (χ0n) is 12.7. The first-order chi connectivity index (χ1) is 9.52. The van der Waals surface area contributed by atoms with Gasteiger partial charge in [0, 0.05) is 6.54 Å². The molecule has 0 fully saturated rings. The maximum atomic E-state index is 6.00. The minimum Gasteiger partial charge on any atom is -0.438 e. The third-order valence-corrected chi connectivity index (χ3v) is 3.35. The number of hydrogen-bond acceptors (Lipinski definition) is 4. The minimum absolute atomic E-state index is 0.601. The lowest BCUT2D eigenvalue weighted by Crippen LogP contribution is -2.04. The molecule has 1 heterocycles. The summed E-state index contributed by atoms with van der Waals surface area (Å²) in [6.07, 6.45) is 1.53. The molecule has 0 saturated carbocycles. The summed E-state index contributed by atoms with van der Waals surface area (Å²) in [5.41, 5.74) is 4.46. The zero-order valence-corrected chi connectivity index (χ0v) is 12.7. The zero-order chi connectivity index (χ0) is 14.7. The summed E-state index contributed by atoms with van der Waals surface area (Å²) < 4.78 is 6.00. The molecule has 0 bridgehead atoms. The van der Waals surface area contributed by atoms with Crippen LogP contribution in [-0.2, 0) is 0 Å². The van der Waals surface area contributed by atoms with Crippen molar-refractivity contribution in [1.82, 2.24) is 9.97 Å². The van der Waals surface area contributed by atoms with Crippen molar-refractivity contribution in [1.29, 1.82) is 0 Å². The van der Waals surface area contributed by atoms with Crippen LogP contribution in [0.1, 0.15) is 29.2 Å². The van der Waals surface area contributed by atoms with Gasteiger partial charge in [-0.15, -0.1) is 0 Å². The molecule has 1 aromatic heterocycles. The van der Waals surface area contributed by atoms with Gasteiger partial charge in [0.25, 0.3) is 0 Å². The summed E-state index contributed by atoms with van der Waals surface area (Å²) in [7, 11) is 0. The first-order valence-electron chi connectivity index (χ1n) is 6.84. The van der Waals surface area contributed by atoms with Crippen LogP contribution in [0.25, 0.3) is 0 Å². The van der Waals surface area contributed by atoms with Gasteiger partial charge in [-0.2, -0.15) is 0 Å². The second-order valence-corrected chi connectivity index (χ2v) is 4.99. The minimum atomic E-state index is 0.601. The van der Waals surface area contributed by atoms with Crippen molar-refractivity contribution in [2.75, 3.05) is 11.9 Å². The highest BCUT2D eigenvalue weighted by molar-refractivity contribution is 5.50. The first-order valence-corrected chi connectivity index (χ1v) is 6.84. The Morgan fingerprint density at radius 2 is 1.80 bits per heavy atom. The standard InChI is InChI=1S/C16H21N3O/c1-6-17-15-13(5)16(19-9-18-15)20-14-8-10(2)7-11(3)12(14)4/h7-9H,6H2,1-5H3,(H,17,18,19). The average molecular weight is 271 g/mol. The van der Waals surface area contributed by atoms with Crippen LogP contribution < -0.4 is 10.1 Å². The highest BCUT2D eigenvalue weighted by atomic mass is 16.5. The van der Waals surface area contributed by atoms with E-state index < -0.39 is 0 Å². The van der Waals surface area contributed by atoms with Crippen LogP contribution in [0.2, 0.25) is 0 Å². The predicted octanol–water partition coefficient (Wildman–Crippen LogP) is 3.93. The van der Waals surface area contributed by atoms with E-state index in [-0.39, 0.29) is 0 Å². The molecule has 1 N–H and O–H groups in total. The number of nitrogens with one attached hydrogen (secondary N) is 1. The maximum absolute atomic E-state index is 6.00. The van der Waals surface area contributed by atoms with Gasteiger partial charge < -0.3 is 10.1 Å². The molecule has 4 nitrogen and oxygen atoms in total. The lowest BCUT2D eigenvalue weighted by Gasteiger charge is -2.14. The molecule has 0 radical (unpaired) electrons. The molecule has 0 amide bonds. The SMILES string of the molecule is CCNc1ncnc(Oc2cc(C)cc(C)c2C)c1C. The van der Waals surface area contributed by atoms with E-state index in [2.05, 4.69) is 42.1 Å². The van der Waals surface area contributed by atoms with Crippen LogP contribution in [0.4, 0.5) is 5.82 Å². The van der Waals surface area contributed by atoms with Crippen molar-refractivity contribution >= 4 is 5.82 Å². The van der Waals surface area contributed by atoms with E-state index in [1.165, 1.54) is 17.5 Å². The third kappa shape index (κ3) is 2.90. The van der Waals surface area contributed by atoms with E-state index in [1.807, 2.05) is 19.9 Å². The van der Waals surface area contributed by atoms with E-state index in [9.17, 15) is 0 Å². The van der Waals surface area contributed by atoms with Gasteiger partial charge in [0.1, 0.15) is 17.9 Å². The number of nitrogens with zero attached hydrogens (tertiary/aromatic N) is 2. The van der Waals surface area contributed by atoms with E-state index in [1.54, 1.807) is 0 Å². The second-order valence-electron chi connectivity index (χ2n) is 4.99. The van der Waals surface area contributed by atoms with Crippen molar-refractivity contribution < 1.29 is 4.74 Å². The molecule has 20 heavy (non-hydrogen) atoms. The molecule has 0 aliphatic carbocycles. The van der Waals surface area contributed by atoms with E-state index >= 15 is 0 Å². The Hall–Kier alpha value is -2.10. The quantitative estimate of drug-likeness (QED) is 0.915. The molecule has 2 aromatic rings. The molecule has 0 atom stereocenters. The molecule has 0 saturated heterocycles. The Morgan fingerprint density at radius 3 is 2.50 bits per heavy atom. The highest BCUT2D eigenvalue weighted by Gasteiger charge is 2.11. The number of ether oxygens (including phenoxy) is 1. The molecule has 1 aromatic carbocycles. The van der Waals surface area contributed by atoms with Gasteiger partial charge in [-0.1, -0.05) is 6.07 Å². The van der Waals surface area contributed by atoms with E-state index in [0.717, 1.165) is 29.2 Å². The van der Waals surface area contributed by atoms with Crippen LogP contribution in [0.15, 0.2) is 18.5 Å². The summed E-state index contributed by atoms with van der Waals surface area (Å²) in [4.78, 5) is 8.47. The fourth-order valence-electron chi connectivity index (χ4n) is 2.09. The largest absolute Gasteiger partial charge is 0.438 e. The Morgan fingerprint density at radius 1 is 1.05 bits per heavy atom. The van der Waals surface area contributed by atoms with Gasteiger partial charge in [0.15, 0.2) is 0 Å². The van der Waals surface area contributed by atoms with Gasteiger partial charge in [-0.3, -0.25) is 0 Å². The number of hydrogen-bond donors (Lipinski definition) is 1. The van der Waals surface area contributed by atoms with Crippen molar-refractivity contribution in [2.24, 2.45) is 0 Å². The molecular formula is C16H21N3O. The number of rotatable bonds is 4. The van der Waals surface area contributed by atoms with Gasteiger partial charge in [-0.25, -0.2) is 9.97 Å². The fourth-order valence-corrected chi connectivity index (χ4v) is 2.09. The molecule has 106 valence electrons. The predicted molar refractivity (Wildman–Crippen MR) is 81.7 cm³/mol. The molecule has 0 aliphatic rings. The maximum Gasteiger partial charge on any atom is 0.227 e. The normalized spacial score (nSPS) is 10.4. The van der Waals surface area contributed by atoms with E-state index in [0.29, 0.717) is 5.88 Å². The molecule has 0 unspecified atom stereocenters. The van der Waals surface area contributed by atoms with Crippen molar-refractivity contribution in [3.8, 4) is 11.6 Å². The van der Waals surface area contributed by atoms with Crippen LogP contribution in [0, 0.1) is 27.7 Å². The molecule has 4 heteroatoms. The molecule has 0 aliphatic heterocycles. The summed E-state index contributed by atoms with van der Waals surface area (Å²) in [6, 6.07) is 4.19. The summed E-state index contributed by atoms with van der Waals surface area (Å²) >= 11 is 0. The van der Waals surface area contributed by atoms with Gasteiger partial charge in [0.05, 0.1) is 5.56 Å². The van der Waals surface area contributed by atoms with Gasteiger partial charge in [-0.05, 0) is 57.4 Å².